The third-order valence-corrected chi connectivity index (χ3v) is 3.98. The van der Waals surface area contributed by atoms with Gasteiger partial charge in [-0.1, -0.05) is 0 Å². The van der Waals surface area contributed by atoms with Crippen molar-refractivity contribution in [1.29, 1.82) is 0 Å². The summed E-state index contributed by atoms with van der Waals surface area (Å²) >= 11 is 1.17. The van der Waals surface area contributed by atoms with Crippen molar-refractivity contribution in [1.82, 2.24) is 10.6 Å². The molecule has 0 bridgehead atoms. The van der Waals surface area contributed by atoms with Gasteiger partial charge in [0, 0.05) is 18.7 Å². The third-order valence-electron chi connectivity index (χ3n) is 2.94. The van der Waals surface area contributed by atoms with E-state index in [4.69, 9.17) is 0 Å². The van der Waals surface area contributed by atoms with E-state index in [0.717, 1.165) is 25.9 Å². The van der Waals surface area contributed by atoms with E-state index >= 15 is 0 Å². The lowest BCUT2D eigenvalue weighted by molar-refractivity contribution is -0.385. The van der Waals surface area contributed by atoms with Gasteiger partial charge < -0.3 is 10.6 Å². The summed E-state index contributed by atoms with van der Waals surface area (Å²) in [6.07, 6.45) is 1.99. The van der Waals surface area contributed by atoms with Crippen molar-refractivity contribution in [3.63, 3.8) is 0 Å². The van der Waals surface area contributed by atoms with E-state index in [1.165, 1.54) is 17.4 Å². The molecule has 0 aromatic carbocycles. The first-order valence-corrected chi connectivity index (χ1v) is 6.66. The van der Waals surface area contributed by atoms with Gasteiger partial charge in [-0.3, -0.25) is 14.9 Å². The fraction of sp³-hybridized carbons (Fsp3) is 0.545. The molecule has 18 heavy (non-hydrogen) atoms. The highest BCUT2D eigenvalue weighted by molar-refractivity contribution is 7.14. The van der Waals surface area contributed by atoms with E-state index in [2.05, 4.69) is 10.6 Å². The summed E-state index contributed by atoms with van der Waals surface area (Å²) in [5, 5.41) is 16.8. The molecule has 98 valence electrons. The van der Waals surface area contributed by atoms with E-state index < -0.39 is 4.92 Å². The Kier molecular flexibility index (Phi) is 3.93. The van der Waals surface area contributed by atoms with Gasteiger partial charge >= 0.3 is 0 Å². The maximum Gasteiger partial charge on any atom is 0.283 e. The summed E-state index contributed by atoms with van der Waals surface area (Å²) in [6.45, 7) is 3.40. The van der Waals surface area contributed by atoms with Gasteiger partial charge in [0.25, 0.3) is 11.6 Å². The minimum atomic E-state index is -0.454. The molecule has 1 unspecified atom stereocenters. The second-order valence-corrected chi connectivity index (χ2v) is 5.58. The van der Waals surface area contributed by atoms with Gasteiger partial charge in [0.1, 0.15) is 0 Å². The Morgan fingerprint density at radius 2 is 2.44 bits per heavy atom. The summed E-state index contributed by atoms with van der Waals surface area (Å²) in [5.41, 5.74) is 0.0203. The van der Waals surface area contributed by atoms with E-state index in [-0.39, 0.29) is 17.6 Å². The van der Waals surface area contributed by atoms with Crippen LogP contribution in [0.3, 0.4) is 0 Å². The predicted octanol–water partition coefficient (Wildman–Crippen LogP) is 1.45. The quantitative estimate of drug-likeness (QED) is 0.642. The smallest absolute Gasteiger partial charge is 0.283 e. The first-order valence-electron chi connectivity index (χ1n) is 5.84. The average molecular weight is 269 g/mol. The maximum atomic E-state index is 11.9. The number of hydrogen-bond acceptors (Lipinski definition) is 5. The van der Waals surface area contributed by atoms with Crippen LogP contribution in [0.5, 0.6) is 0 Å². The normalized spacial score (nSPS) is 19.5. The summed E-state index contributed by atoms with van der Waals surface area (Å²) in [7, 11) is 0. The van der Waals surface area contributed by atoms with Crippen molar-refractivity contribution in [3.8, 4) is 0 Å². The molecular formula is C11H15N3O3S. The van der Waals surface area contributed by atoms with E-state index in [1.54, 1.807) is 6.92 Å². The zero-order chi connectivity index (χ0) is 13.1. The molecule has 1 aliphatic heterocycles. The molecule has 1 atom stereocenters. The number of aryl methyl sites for hydroxylation is 1. The molecule has 7 heteroatoms. The fourth-order valence-electron chi connectivity index (χ4n) is 2.00. The molecule has 1 fully saturated rings. The second-order valence-electron chi connectivity index (χ2n) is 4.33. The molecule has 1 aromatic heterocycles. The van der Waals surface area contributed by atoms with Crippen molar-refractivity contribution < 1.29 is 9.72 Å². The van der Waals surface area contributed by atoms with Gasteiger partial charge in [-0.25, -0.2) is 0 Å². The summed E-state index contributed by atoms with van der Waals surface area (Å²) < 4.78 is 0. The lowest BCUT2D eigenvalue weighted by Crippen LogP contribution is -2.45. The number of amides is 1. The van der Waals surface area contributed by atoms with Gasteiger partial charge in [0.2, 0.25) is 0 Å². The van der Waals surface area contributed by atoms with Crippen LogP contribution in [-0.2, 0) is 0 Å². The minimum absolute atomic E-state index is 0.0203. The largest absolute Gasteiger partial charge is 0.347 e. The van der Waals surface area contributed by atoms with Gasteiger partial charge in [-0.15, -0.1) is 11.3 Å². The van der Waals surface area contributed by atoms with Crippen molar-refractivity contribution >= 4 is 22.9 Å². The Morgan fingerprint density at radius 3 is 3.00 bits per heavy atom. The van der Waals surface area contributed by atoms with Crippen molar-refractivity contribution in [2.75, 3.05) is 13.1 Å². The molecule has 0 spiro atoms. The number of nitrogens with one attached hydrogen (secondary N) is 2. The van der Waals surface area contributed by atoms with Crippen LogP contribution in [0.25, 0.3) is 0 Å². The van der Waals surface area contributed by atoms with Crippen LogP contribution in [0.2, 0.25) is 0 Å². The minimum Gasteiger partial charge on any atom is -0.347 e. The molecule has 0 saturated carbocycles. The number of piperidine rings is 1. The van der Waals surface area contributed by atoms with Crippen LogP contribution < -0.4 is 10.6 Å². The summed E-state index contributed by atoms with van der Waals surface area (Å²) in [4.78, 5) is 23.2. The second kappa shape index (κ2) is 5.45. The number of carbonyl (C=O) groups excluding carboxylic acids is 1. The lowest BCUT2D eigenvalue weighted by Gasteiger charge is -2.23. The molecule has 1 saturated heterocycles. The molecule has 1 aromatic rings. The van der Waals surface area contributed by atoms with Crippen LogP contribution in [0.15, 0.2) is 6.07 Å². The number of hydrogen-bond donors (Lipinski definition) is 2. The zero-order valence-corrected chi connectivity index (χ0v) is 10.9. The van der Waals surface area contributed by atoms with Crippen LogP contribution in [-0.4, -0.2) is 30.0 Å². The summed E-state index contributed by atoms with van der Waals surface area (Å²) in [6, 6.07) is 1.47. The van der Waals surface area contributed by atoms with Crippen molar-refractivity contribution in [2.45, 2.75) is 25.8 Å². The molecule has 2 N–H and O–H groups in total. The SMILES string of the molecule is Cc1sc(C(=O)NC2CCCNC2)cc1[N+](=O)[O-]. The maximum absolute atomic E-state index is 11.9. The van der Waals surface area contributed by atoms with Gasteiger partial charge in [0.05, 0.1) is 14.7 Å². The summed E-state index contributed by atoms with van der Waals surface area (Å²) in [5.74, 6) is -0.218. The number of carbonyl (C=O) groups is 1. The number of nitrogens with zero attached hydrogens (tertiary/aromatic N) is 1. The third kappa shape index (κ3) is 2.85. The highest BCUT2D eigenvalue weighted by atomic mass is 32.1. The highest BCUT2D eigenvalue weighted by Crippen LogP contribution is 2.28. The first-order chi connectivity index (χ1) is 8.58. The standard InChI is InChI=1S/C11H15N3O3S/c1-7-9(14(16)17)5-10(18-7)11(15)13-8-3-2-4-12-6-8/h5,8,12H,2-4,6H2,1H3,(H,13,15). The molecule has 0 aliphatic carbocycles. The molecule has 2 rings (SSSR count). The van der Waals surface area contributed by atoms with Crippen molar-refractivity contribution in [3.05, 3.63) is 25.9 Å². The van der Waals surface area contributed by atoms with Crippen LogP contribution in [0, 0.1) is 17.0 Å². The average Bonchev–Trinajstić information content (AvgIpc) is 2.73. The Hall–Kier alpha value is -1.47. The van der Waals surface area contributed by atoms with Crippen molar-refractivity contribution in [2.24, 2.45) is 0 Å². The Labute approximate surface area is 109 Å². The van der Waals surface area contributed by atoms with E-state index in [0.29, 0.717) is 9.75 Å². The number of thiophene rings is 1. The van der Waals surface area contributed by atoms with Crippen LogP contribution in [0.4, 0.5) is 5.69 Å². The Morgan fingerprint density at radius 1 is 1.67 bits per heavy atom. The highest BCUT2D eigenvalue weighted by Gasteiger charge is 2.22. The van der Waals surface area contributed by atoms with Gasteiger partial charge in [0.15, 0.2) is 0 Å². The van der Waals surface area contributed by atoms with E-state index in [1.807, 2.05) is 0 Å². The molecule has 6 nitrogen and oxygen atoms in total. The number of nitro groups is 1. The molecule has 1 amide bonds. The predicted molar refractivity (Wildman–Crippen MR) is 69.1 cm³/mol. The van der Waals surface area contributed by atoms with E-state index in [9.17, 15) is 14.9 Å². The first kappa shape index (κ1) is 13.0. The zero-order valence-electron chi connectivity index (χ0n) is 10.1. The molecule has 1 aliphatic rings. The molecule has 0 radical (unpaired) electrons. The lowest BCUT2D eigenvalue weighted by atomic mass is 10.1. The fourth-order valence-corrected chi connectivity index (χ4v) is 2.89. The molecule has 2 heterocycles. The molecular weight excluding hydrogens is 254 g/mol. The monoisotopic (exact) mass is 269 g/mol. The van der Waals surface area contributed by atoms with Crippen LogP contribution >= 0.6 is 11.3 Å². The van der Waals surface area contributed by atoms with Crippen LogP contribution in [0.1, 0.15) is 27.4 Å². The topological polar surface area (TPSA) is 84.3 Å². The number of rotatable bonds is 3. The van der Waals surface area contributed by atoms with Gasteiger partial charge in [-0.2, -0.15) is 0 Å². The Bertz CT molecular complexity index is 466. The Balaban J connectivity index is 2.04. The van der Waals surface area contributed by atoms with Gasteiger partial charge in [-0.05, 0) is 26.3 Å².